The van der Waals surface area contributed by atoms with Gasteiger partial charge in [0.05, 0.1) is 5.39 Å². The molecule has 1 aliphatic heterocycles. The summed E-state index contributed by atoms with van der Waals surface area (Å²) in [4.78, 5) is 18.3. The van der Waals surface area contributed by atoms with Gasteiger partial charge >= 0.3 is 6.18 Å². The Labute approximate surface area is 153 Å². The standard InChI is InChI=1S/C18H22F4N4O/c1-9-6-25(8-13(9)23)16-12(19)5-10-14(27)11(18(20,21)22)7-26(15(10)24-16)17(2,3)4/h5,7,9,13H,6,8,23H2,1-4H3. The molecule has 0 bridgehead atoms. The highest BCUT2D eigenvalue weighted by molar-refractivity contribution is 5.78. The normalized spacial score (nSPS) is 21.3. The largest absolute Gasteiger partial charge is 0.421 e. The Bertz CT molecular complexity index is 935. The van der Waals surface area contributed by atoms with Gasteiger partial charge in [0.15, 0.2) is 11.6 Å². The lowest BCUT2D eigenvalue weighted by atomic mass is 10.1. The van der Waals surface area contributed by atoms with Crippen LogP contribution in [0.2, 0.25) is 0 Å². The van der Waals surface area contributed by atoms with Crippen LogP contribution in [0.25, 0.3) is 11.0 Å². The van der Waals surface area contributed by atoms with E-state index in [4.69, 9.17) is 5.73 Å². The molecule has 148 valence electrons. The van der Waals surface area contributed by atoms with Crippen molar-refractivity contribution in [2.24, 2.45) is 11.7 Å². The molecule has 3 rings (SSSR count). The maximum Gasteiger partial charge on any atom is 0.421 e. The van der Waals surface area contributed by atoms with Gasteiger partial charge in [-0.05, 0) is 32.8 Å². The third-order valence-electron chi connectivity index (χ3n) is 4.91. The van der Waals surface area contributed by atoms with E-state index in [1.807, 2.05) is 6.92 Å². The number of pyridine rings is 2. The number of fused-ring (bicyclic) bond motifs is 1. The second-order valence-electron chi connectivity index (χ2n) is 8.12. The van der Waals surface area contributed by atoms with Gasteiger partial charge < -0.3 is 15.2 Å². The van der Waals surface area contributed by atoms with Gasteiger partial charge in [-0.2, -0.15) is 13.2 Å². The lowest BCUT2D eigenvalue weighted by molar-refractivity contribution is -0.138. The van der Waals surface area contributed by atoms with Crippen LogP contribution in [0.3, 0.4) is 0 Å². The first-order valence-electron chi connectivity index (χ1n) is 8.65. The smallest absolute Gasteiger partial charge is 0.352 e. The molecule has 0 amide bonds. The fourth-order valence-corrected chi connectivity index (χ4v) is 3.31. The van der Waals surface area contributed by atoms with Gasteiger partial charge in [0, 0.05) is 30.9 Å². The lowest BCUT2D eigenvalue weighted by Gasteiger charge is -2.27. The number of halogens is 4. The Morgan fingerprint density at radius 1 is 1.22 bits per heavy atom. The Hall–Kier alpha value is -2.16. The number of alkyl halides is 3. The molecule has 1 saturated heterocycles. The molecule has 3 heterocycles. The molecular formula is C18H22F4N4O. The van der Waals surface area contributed by atoms with E-state index < -0.39 is 33.9 Å². The van der Waals surface area contributed by atoms with Crippen LogP contribution >= 0.6 is 0 Å². The van der Waals surface area contributed by atoms with Gasteiger partial charge in [-0.3, -0.25) is 4.79 Å². The van der Waals surface area contributed by atoms with E-state index in [0.29, 0.717) is 13.1 Å². The van der Waals surface area contributed by atoms with Gasteiger partial charge in [-0.15, -0.1) is 0 Å². The minimum atomic E-state index is -4.84. The van der Waals surface area contributed by atoms with Crippen molar-refractivity contribution in [3.63, 3.8) is 0 Å². The lowest BCUT2D eigenvalue weighted by Crippen LogP contribution is -2.31. The van der Waals surface area contributed by atoms with E-state index in [0.717, 1.165) is 12.3 Å². The summed E-state index contributed by atoms with van der Waals surface area (Å²) < 4.78 is 55.9. The predicted molar refractivity (Wildman–Crippen MR) is 95.3 cm³/mol. The molecule has 2 atom stereocenters. The SMILES string of the molecule is CC1CN(c2nc3c(cc2F)c(=O)c(C(F)(F)F)cn3C(C)(C)C)CC1N. The maximum atomic E-state index is 14.7. The third-order valence-corrected chi connectivity index (χ3v) is 4.91. The van der Waals surface area contributed by atoms with E-state index in [9.17, 15) is 22.4 Å². The van der Waals surface area contributed by atoms with Crippen LogP contribution in [0.1, 0.15) is 33.3 Å². The molecule has 2 aromatic rings. The van der Waals surface area contributed by atoms with Crippen molar-refractivity contribution in [2.75, 3.05) is 18.0 Å². The number of rotatable bonds is 1. The van der Waals surface area contributed by atoms with E-state index in [2.05, 4.69) is 4.98 Å². The highest BCUT2D eigenvalue weighted by atomic mass is 19.4. The number of hydrogen-bond donors (Lipinski definition) is 1. The fourth-order valence-electron chi connectivity index (χ4n) is 3.31. The topological polar surface area (TPSA) is 64.2 Å². The number of aromatic nitrogens is 2. The van der Waals surface area contributed by atoms with E-state index in [1.165, 1.54) is 4.57 Å². The van der Waals surface area contributed by atoms with E-state index in [1.54, 1.807) is 25.7 Å². The highest BCUT2D eigenvalue weighted by Gasteiger charge is 2.37. The summed E-state index contributed by atoms with van der Waals surface area (Å²) >= 11 is 0. The Morgan fingerprint density at radius 2 is 1.85 bits per heavy atom. The molecule has 0 aliphatic carbocycles. The highest BCUT2D eigenvalue weighted by Crippen LogP contribution is 2.32. The van der Waals surface area contributed by atoms with Crippen LogP contribution in [0, 0.1) is 11.7 Å². The van der Waals surface area contributed by atoms with Crippen LogP contribution in [0.5, 0.6) is 0 Å². The van der Waals surface area contributed by atoms with Crippen LogP contribution in [-0.4, -0.2) is 28.7 Å². The molecule has 5 nitrogen and oxygen atoms in total. The van der Waals surface area contributed by atoms with Gasteiger partial charge in [-0.25, -0.2) is 9.37 Å². The number of nitrogens with two attached hydrogens (primary N) is 1. The molecular weight excluding hydrogens is 364 g/mol. The minimum Gasteiger partial charge on any atom is -0.352 e. The van der Waals surface area contributed by atoms with Crippen molar-refractivity contribution in [1.82, 2.24) is 9.55 Å². The molecule has 0 spiro atoms. The zero-order valence-corrected chi connectivity index (χ0v) is 15.6. The van der Waals surface area contributed by atoms with Crippen LogP contribution < -0.4 is 16.1 Å². The van der Waals surface area contributed by atoms with Crippen molar-refractivity contribution in [3.8, 4) is 0 Å². The average Bonchev–Trinajstić information content (AvgIpc) is 2.84. The first kappa shape index (κ1) is 19.6. The number of hydrogen-bond acceptors (Lipinski definition) is 4. The number of anilines is 1. The molecule has 0 radical (unpaired) electrons. The molecule has 2 aromatic heterocycles. The summed E-state index contributed by atoms with van der Waals surface area (Å²) in [6, 6.07) is 0.700. The average molecular weight is 386 g/mol. The van der Waals surface area contributed by atoms with Gasteiger partial charge in [0.1, 0.15) is 11.2 Å². The van der Waals surface area contributed by atoms with Crippen molar-refractivity contribution < 1.29 is 17.6 Å². The quantitative estimate of drug-likeness (QED) is 0.765. The second kappa shape index (κ2) is 6.19. The van der Waals surface area contributed by atoms with Gasteiger partial charge in [-0.1, -0.05) is 6.92 Å². The Morgan fingerprint density at radius 3 is 2.33 bits per heavy atom. The van der Waals surface area contributed by atoms with Gasteiger partial charge in [0.2, 0.25) is 5.43 Å². The molecule has 27 heavy (non-hydrogen) atoms. The molecule has 0 aromatic carbocycles. The molecule has 1 fully saturated rings. The second-order valence-corrected chi connectivity index (χ2v) is 8.12. The summed E-state index contributed by atoms with van der Waals surface area (Å²) in [6.07, 6.45) is -4.08. The van der Waals surface area contributed by atoms with Crippen LogP contribution in [-0.2, 0) is 11.7 Å². The third kappa shape index (κ3) is 3.40. The minimum absolute atomic E-state index is 0.000501. The summed E-state index contributed by atoms with van der Waals surface area (Å²) in [6.45, 7) is 7.87. The first-order chi connectivity index (χ1) is 12.3. The Balaban J connectivity index is 2.32. The van der Waals surface area contributed by atoms with Crippen molar-refractivity contribution >= 4 is 16.9 Å². The molecule has 2 N–H and O–H groups in total. The molecule has 9 heteroatoms. The van der Waals surface area contributed by atoms with Crippen LogP contribution in [0.15, 0.2) is 17.1 Å². The molecule has 2 unspecified atom stereocenters. The monoisotopic (exact) mass is 386 g/mol. The summed E-state index contributed by atoms with van der Waals surface area (Å²) in [5.74, 6) is -0.709. The predicted octanol–water partition coefficient (Wildman–Crippen LogP) is 3.09. The fraction of sp³-hybridized carbons (Fsp3) is 0.556. The van der Waals surface area contributed by atoms with E-state index in [-0.39, 0.29) is 23.4 Å². The summed E-state index contributed by atoms with van der Waals surface area (Å²) in [5.41, 5.74) is 2.59. The zero-order chi connectivity index (χ0) is 20.3. The van der Waals surface area contributed by atoms with Crippen LogP contribution in [0.4, 0.5) is 23.4 Å². The van der Waals surface area contributed by atoms with Crippen molar-refractivity contribution in [3.05, 3.63) is 33.9 Å². The summed E-state index contributed by atoms with van der Waals surface area (Å²) in [5, 5.41) is -0.391. The van der Waals surface area contributed by atoms with Crippen molar-refractivity contribution in [2.45, 2.75) is 45.5 Å². The van der Waals surface area contributed by atoms with E-state index >= 15 is 0 Å². The summed E-state index contributed by atoms with van der Waals surface area (Å²) in [7, 11) is 0. The molecule has 1 aliphatic rings. The van der Waals surface area contributed by atoms with Gasteiger partial charge in [0.25, 0.3) is 0 Å². The Kier molecular flexibility index (Phi) is 4.49. The van der Waals surface area contributed by atoms with Crippen molar-refractivity contribution in [1.29, 1.82) is 0 Å². The molecule has 0 saturated carbocycles. The zero-order valence-electron chi connectivity index (χ0n) is 15.6. The first-order valence-corrected chi connectivity index (χ1v) is 8.65. The maximum absolute atomic E-state index is 14.7. The number of nitrogens with zero attached hydrogens (tertiary/aromatic N) is 3.